The number of aromatic nitrogens is 5. The van der Waals surface area contributed by atoms with Crippen LogP contribution in [0.25, 0.3) is 43.8 Å². The Morgan fingerprint density at radius 2 is 0.727 bits per heavy atom. The molecule has 3 fully saturated rings. The van der Waals surface area contributed by atoms with E-state index in [1.165, 1.54) is 38.5 Å². The Morgan fingerprint density at radius 1 is 0.438 bits per heavy atom. The van der Waals surface area contributed by atoms with Gasteiger partial charge in [0.15, 0.2) is 17.3 Å². The van der Waals surface area contributed by atoms with E-state index in [0.717, 1.165) is 78.5 Å². The lowest BCUT2D eigenvalue weighted by Gasteiger charge is -2.32. The van der Waals surface area contributed by atoms with Crippen molar-refractivity contribution in [2.24, 2.45) is 0 Å². The largest absolute Gasteiger partial charge is 0.494 e. The van der Waals surface area contributed by atoms with Crippen LogP contribution in [0.4, 0.5) is 0 Å². The van der Waals surface area contributed by atoms with Crippen LogP contribution in [0.15, 0.2) is 107 Å². The first kappa shape index (κ1) is 123. The maximum Gasteiger partial charge on any atom is 0.494 e. The van der Waals surface area contributed by atoms with Crippen LogP contribution in [0.5, 0.6) is 0 Å². The number of hydrogen-bond acceptors (Lipinski definition) is 23. The van der Waals surface area contributed by atoms with Gasteiger partial charge in [0, 0.05) is 189 Å². The summed E-state index contributed by atoms with van der Waals surface area (Å²) >= 11 is 42.8. The number of aryl methyl sites for hydroxylation is 2. The number of rotatable bonds is 12. The van der Waals surface area contributed by atoms with Crippen LogP contribution in [0.2, 0.25) is 10.0 Å². The van der Waals surface area contributed by atoms with E-state index in [1.807, 2.05) is 226 Å². The molecule has 0 spiro atoms. The van der Waals surface area contributed by atoms with E-state index in [0.29, 0.717) is 26.7 Å². The van der Waals surface area contributed by atoms with E-state index in [4.69, 9.17) is 65.3 Å². The first-order valence-corrected chi connectivity index (χ1v) is 46.0. The van der Waals surface area contributed by atoms with Gasteiger partial charge in [-0.05, 0) is 256 Å². The topological polar surface area (TPSA) is 226 Å². The summed E-state index contributed by atoms with van der Waals surface area (Å²) in [5.74, 6) is -1.18. The lowest BCUT2D eigenvalue weighted by atomic mass is 9.49. The molecule has 121 heavy (non-hydrogen) atoms. The van der Waals surface area contributed by atoms with E-state index in [9.17, 15) is 28.8 Å². The van der Waals surface area contributed by atoms with Gasteiger partial charge in [-0.1, -0.05) is 102 Å². The molecule has 8 aromatic rings. The fourth-order valence-electron chi connectivity index (χ4n) is 11.1. The number of ketones is 3. The summed E-state index contributed by atoms with van der Waals surface area (Å²) < 4.78 is 59.4. The molecule has 3 aliphatic rings. The number of nitrogens with zero attached hydrogens (tertiary/aromatic N) is 5. The molecule has 0 amide bonds. The number of carbonyl (C=O) groups excluding carboxylic acids is 6. The summed E-state index contributed by atoms with van der Waals surface area (Å²) in [5.41, 5.74) is 4.42. The predicted molar refractivity (Wildman–Crippen MR) is 541 cm³/mol. The number of pyridine rings is 2. The number of benzene rings is 3. The Hall–Kier alpha value is -4.18. The number of Topliss-reactive ketones (excluding diaryl/α,β-unsaturated/α-hetero) is 3. The average Bonchev–Trinajstić information content (AvgIpc) is 1.60. The smallest absolute Gasteiger partial charge is 0.459 e. The molecular weight excluding hydrogens is 1900 g/mol. The Balaban J connectivity index is -0.000000699. The molecular formula is C84H126B3Br2Cl2N5O15S10. The van der Waals surface area contributed by atoms with Crippen molar-refractivity contribution in [2.75, 3.05) is 0 Å². The van der Waals surface area contributed by atoms with Crippen molar-refractivity contribution in [3.05, 3.63) is 145 Å². The van der Waals surface area contributed by atoms with Gasteiger partial charge in [-0.2, -0.15) is 13.5 Å². The van der Waals surface area contributed by atoms with Gasteiger partial charge in [0.1, 0.15) is 36.4 Å². The monoisotopic (exact) mass is 2030 g/mol. The van der Waals surface area contributed by atoms with Crippen LogP contribution in [0.3, 0.4) is 0 Å². The van der Waals surface area contributed by atoms with Gasteiger partial charge in [0.05, 0.1) is 55.0 Å². The van der Waals surface area contributed by atoms with Crippen LogP contribution in [0.1, 0.15) is 253 Å². The molecule has 0 bridgehead atoms. The summed E-state index contributed by atoms with van der Waals surface area (Å²) in [6, 6.07) is 20.8. The summed E-state index contributed by atoms with van der Waals surface area (Å²) in [7, 11) is 1.79. The SMILES string of the molecule is C.C.C.C.C.C.CC(=O)c1cn(CC(=O)OC(C)(C)C)c2ccc(-c3cnc(C)c(Cl)c3)cc12.CC(=O)c1cn(CC(=O)OC(C)(C)C)c2ccc(B3OC(C)(C)C(C)(C)O3)cc12.CC(=O)c1cn(CC(=O)OC(C)(C)C)c2ccc(Br)cc12.CC1(C)OB(B2OC(C)(C)C(C)(C)O2)OC1(C)C.Cc1ncc(Br)cc1Cl.S.S=S.S=S=S.S=S=S=S. The maximum atomic E-state index is 12.3. The number of carbonyl (C=O) groups is 6. The van der Waals surface area contributed by atoms with Crippen LogP contribution in [-0.4, -0.2) is 130 Å². The summed E-state index contributed by atoms with van der Waals surface area (Å²) in [4.78, 5) is 81.0. The number of esters is 3. The second-order valence-electron chi connectivity index (χ2n) is 32.7. The van der Waals surface area contributed by atoms with Gasteiger partial charge in [-0.25, -0.2) is 0 Å². The lowest BCUT2D eigenvalue weighted by Crippen LogP contribution is -2.41. The number of ether oxygens (including phenoxy) is 3. The van der Waals surface area contributed by atoms with Gasteiger partial charge in [-0.15, -0.1) is 0 Å². The molecule has 0 atom stereocenters. The Kier molecular flexibility index (Phi) is 52.0. The van der Waals surface area contributed by atoms with Gasteiger partial charge >= 0.3 is 39.0 Å². The average molecular weight is 2030 g/mol. The van der Waals surface area contributed by atoms with E-state index in [1.54, 1.807) is 44.7 Å². The molecule has 3 saturated heterocycles. The molecule has 8 heterocycles. The van der Waals surface area contributed by atoms with Crippen LogP contribution < -0.4 is 5.46 Å². The summed E-state index contributed by atoms with van der Waals surface area (Å²) in [6.45, 7) is 49.1. The zero-order chi connectivity index (χ0) is 87.2. The third-order valence-corrected chi connectivity index (χ3v) is 22.5. The Bertz CT molecular complexity index is 4880. The molecule has 3 aromatic carbocycles. The highest BCUT2D eigenvalue weighted by Crippen LogP contribution is 2.44. The Morgan fingerprint density at radius 3 is 1.02 bits per heavy atom. The molecule has 0 aliphatic carbocycles. The van der Waals surface area contributed by atoms with Gasteiger partial charge in [0.2, 0.25) is 0 Å². The molecule has 0 N–H and O–H groups in total. The highest BCUT2D eigenvalue weighted by molar-refractivity contribution is 9.10. The second kappa shape index (κ2) is 51.1. The first-order valence-electron chi connectivity index (χ1n) is 35.7. The van der Waals surface area contributed by atoms with Crippen molar-refractivity contribution in [3.8, 4) is 11.1 Å². The number of fused-ring (bicyclic) bond motifs is 3. The van der Waals surface area contributed by atoms with Crippen LogP contribution in [0, 0.1) is 13.8 Å². The maximum absolute atomic E-state index is 12.3. The van der Waals surface area contributed by atoms with Crippen molar-refractivity contribution in [1.82, 2.24) is 23.7 Å². The van der Waals surface area contributed by atoms with Gasteiger partial charge < -0.3 is 55.8 Å². The summed E-state index contributed by atoms with van der Waals surface area (Å²) in [5, 5.41) is 3.68. The third kappa shape index (κ3) is 35.4. The normalized spacial score (nSPS) is 14.9. The minimum absolute atomic E-state index is 0. The predicted octanol–water partition coefficient (Wildman–Crippen LogP) is 21.6. The standard InChI is InChI=1S/C22H30BNO5.C22H23ClN2O3.C16H18BrNO3.C12H24B2O4.C6H5BrClN.6CH4.S4.S3.S2.H2S/c1-14(25)17-12-24(13-19(26)27-20(2,3)4)18-10-9-15(11-16(17)18)23-28-21(5,6)22(7,8)29-23;1-13-19(23)9-16(10-24-13)15-6-7-20-17(8-15)18(14(2)26)11-25(20)12-21(27)28-22(3,4)5;1-10(19)13-8-18(9-15(20)21-16(2,3)4)14-6-5-11(17)7-12(13)14;1-9(2)10(3,4)16-13(15-9)14-17-11(5,6)12(7,8)18-14;1-4-6(8)2-5(7)3-9-4;;;;;;;1-3-4-2;1-3-2;1-2;/h9-12H,13H2,1-8H3;6-11H,12H2,1-5H3;5-8H,9H2,1-4H3;1-8H3;2-3H,1H3;6*1H4;;;;1H2. The third-order valence-electron chi connectivity index (χ3n) is 18.6. The number of hydrogen-bond donors (Lipinski definition) is 0. The van der Waals surface area contributed by atoms with E-state index < -0.39 is 49.1 Å². The zero-order valence-corrected chi connectivity index (χ0v) is 82.7. The molecule has 674 valence electrons. The molecule has 0 radical (unpaired) electrons. The van der Waals surface area contributed by atoms with Crippen molar-refractivity contribution in [3.63, 3.8) is 0 Å². The lowest BCUT2D eigenvalue weighted by molar-refractivity contribution is -0.156. The fourth-order valence-corrected chi connectivity index (χ4v) is 12.3. The molecule has 5 aromatic heterocycles. The van der Waals surface area contributed by atoms with Gasteiger partial charge in [0.25, 0.3) is 0 Å². The molecule has 0 saturated carbocycles. The molecule has 20 nitrogen and oxygen atoms in total. The highest BCUT2D eigenvalue weighted by atomic mass is 79.9. The second-order valence-corrected chi connectivity index (χ2v) is 40.6. The summed E-state index contributed by atoms with van der Waals surface area (Å²) in [6.07, 6.45) is 8.62. The Labute approximate surface area is 794 Å². The minimum Gasteiger partial charge on any atom is -0.459 e. The molecule has 0 unspecified atom stereocenters. The van der Waals surface area contributed by atoms with Crippen LogP contribution in [-0.2, 0) is 170 Å². The quantitative estimate of drug-likeness (QED) is 0.0479. The zero-order valence-electron chi connectivity index (χ0n) is 69.6. The molecule has 37 heteroatoms. The van der Waals surface area contributed by atoms with E-state index in [2.05, 4.69) is 109 Å². The number of halogens is 4. The fraction of sp³-hybridized carbons (Fsp3) is 0.524. The van der Waals surface area contributed by atoms with Crippen molar-refractivity contribution < 1.29 is 70.9 Å². The van der Waals surface area contributed by atoms with Gasteiger partial charge in [-0.3, -0.25) is 38.7 Å². The van der Waals surface area contributed by atoms with Crippen LogP contribution >= 0.6 is 68.6 Å². The van der Waals surface area contributed by atoms with Crippen molar-refractivity contribution in [2.45, 2.75) is 295 Å². The van der Waals surface area contributed by atoms with E-state index >= 15 is 0 Å². The van der Waals surface area contributed by atoms with Crippen molar-refractivity contribution in [1.29, 1.82) is 0 Å². The first-order chi connectivity index (χ1) is 52.3. The van der Waals surface area contributed by atoms with Crippen molar-refractivity contribution >= 4 is 257 Å². The highest BCUT2D eigenvalue weighted by Gasteiger charge is 2.64. The molecule has 11 rings (SSSR count). The minimum atomic E-state index is -0.562. The van der Waals surface area contributed by atoms with E-state index in [-0.39, 0.29) is 135 Å². The molecule has 3 aliphatic heterocycles.